The zero-order valence-corrected chi connectivity index (χ0v) is 15.5. The van der Waals surface area contributed by atoms with E-state index in [9.17, 15) is 5.11 Å². The first-order valence-electron chi connectivity index (χ1n) is 8.33. The second-order valence-corrected chi connectivity index (χ2v) is 7.87. The molecule has 0 bridgehead atoms. The summed E-state index contributed by atoms with van der Waals surface area (Å²) in [7, 11) is 0. The van der Waals surface area contributed by atoms with Gasteiger partial charge in [0.15, 0.2) is 5.16 Å². The molecule has 1 aromatic heterocycles. The summed E-state index contributed by atoms with van der Waals surface area (Å²) in [4.78, 5) is 4.48. The third-order valence-electron chi connectivity index (χ3n) is 3.99. The van der Waals surface area contributed by atoms with Gasteiger partial charge in [0.2, 0.25) is 0 Å². The standard InChI is InChI=1S/C19H28N2OS/c1-5-6-11-21-17(13-22)12-20-18(21)23-14-15-7-9-16(10-8-15)19(2,3)4/h7-10,12,22H,5-6,11,13-14H2,1-4H3. The molecule has 0 spiro atoms. The van der Waals surface area contributed by atoms with E-state index in [0.29, 0.717) is 0 Å². The number of rotatable bonds is 7. The molecular weight excluding hydrogens is 304 g/mol. The number of aliphatic hydroxyl groups is 1. The summed E-state index contributed by atoms with van der Waals surface area (Å²) < 4.78 is 2.15. The van der Waals surface area contributed by atoms with E-state index in [4.69, 9.17) is 0 Å². The van der Waals surface area contributed by atoms with Crippen molar-refractivity contribution in [2.75, 3.05) is 0 Å². The molecule has 0 atom stereocenters. The van der Waals surface area contributed by atoms with Crippen molar-refractivity contribution in [3.63, 3.8) is 0 Å². The number of unbranched alkanes of at least 4 members (excludes halogenated alkanes) is 1. The highest BCUT2D eigenvalue weighted by Crippen LogP contribution is 2.26. The average molecular weight is 333 g/mol. The molecule has 2 rings (SSSR count). The molecule has 0 saturated carbocycles. The number of aromatic nitrogens is 2. The summed E-state index contributed by atoms with van der Waals surface area (Å²) >= 11 is 1.74. The lowest BCUT2D eigenvalue weighted by atomic mass is 9.87. The Morgan fingerprint density at radius 3 is 2.43 bits per heavy atom. The SMILES string of the molecule is CCCCn1c(CO)cnc1SCc1ccc(C(C)(C)C)cc1. The molecule has 2 aromatic rings. The quantitative estimate of drug-likeness (QED) is 0.743. The number of nitrogens with zero attached hydrogens (tertiary/aromatic N) is 2. The van der Waals surface area contributed by atoms with Gasteiger partial charge in [-0.05, 0) is 23.0 Å². The molecule has 3 nitrogen and oxygen atoms in total. The Morgan fingerprint density at radius 1 is 1.17 bits per heavy atom. The number of hydrogen-bond acceptors (Lipinski definition) is 3. The van der Waals surface area contributed by atoms with Crippen LogP contribution in [0.4, 0.5) is 0 Å². The van der Waals surface area contributed by atoms with Crippen LogP contribution in [0.1, 0.15) is 57.4 Å². The van der Waals surface area contributed by atoms with Crippen LogP contribution in [0.5, 0.6) is 0 Å². The summed E-state index contributed by atoms with van der Waals surface area (Å²) in [5, 5.41) is 10.5. The Bertz CT molecular complexity index is 611. The van der Waals surface area contributed by atoms with Gasteiger partial charge in [0.1, 0.15) is 0 Å². The molecule has 0 fully saturated rings. The van der Waals surface area contributed by atoms with Crippen molar-refractivity contribution < 1.29 is 5.11 Å². The van der Waals surface area contributed by atoms with E-state index in [1.807, 2.05) is 0 Å². The fraction of sp³-hybridized carbons (Fsp3) is 0.526. The smallest absolute Gasteiger partial charge is 0.168 e. The van der Waals surface area contributed by atoms with Crippen molar-refractivity contribution >= 4 is 11.8 Å². The number of hydrogen-bond donors (Lipinski definition) is 1. The summed E-state index contributed by atoms with van der Waals surface area (Å²) in [5.74, 6) is 0.901. The minimum atomic E-state index is 0.0531. The third kappa shape index (κ3) is 4.85. The maximum atomic E-state index is 9.45. The van der Waals surface area contributed by atoms with E-state index < -0.39 is 0 Å². The second-order valence-electron chi connectivity index (χ2n) is 6.93. The van der Waals surface area contributed by atoms with Gasteiger partial charge in [-0.2, -0.15) is 0 Å². The molecule has 1 aromatic carbocycles. The van der Waals surface area contributed by atoms with E-state index in [0.717, 1.165) is 36.0 Å². The molecule has 4 heteroatoms. The Balaban J connectivity index is 2.04. The Hall–Kier alpha value is -1.26. The minimum absolute atomic E-state index is 0.0531. The van der Waals surface area contributed by atoms with Crippen molar-refractivity contribution in [3.05, 3.63) is 47.3 Å². The molecule has 126 valence electrons. The first-order chi connectivity index (χ1) is 11.0. The van der Waals surface area contributed by atoms with Crippen LogP contribution in [-0.4, -0.2) is 14.7 Å². The van der Waals surface area contributed by atoms with E-state index in [-0.39, 0.29) is 12.0 Å². The predicted molar refractivity (Wildman–Crippen MR) is 97.8 cm³/mol. The van der Waals surface area contributed by atoms with Crippen LogP contribution in [0.2, 0.25) is 0 Å². The molecule has 0 saturated heterocycles. The lowest BCUT2D eigenvalue weighted by molar-refractivity contribution is 0.268. The molecular formula is C19H28N2OS. The summed E-state index contributed by atoms with van der Waals surface area (Å²) in [6.45, 7) is 9.86. The first-order valence-corrected chi connectivity index (χ1v) is 9.31. The summed E-state index contributed by atoms with van der Waals surface area (Å²) in [6, 6.07) is 8.86. The van der Waals surface area contributed by atoms with Crippen LogP contribution in [0.15, 0.2) is 35.6 Å². The molecule has 1 N–H and O–H groups in total. The number of benzene rings is 1. The van der Waals surface area contributed by atoms with E-state index in [2.05, 4.69) is 61.5 Å². The highest BCUT2D eigenvalue weighted by molar-refractivity contribution is 7.98. The van der Waals surface area contributed by atoms with Crippen molar-refractivity contribution in [3.8, 4) is 0 Å². The zero-order chi connectivity index (χ0) is 16.9. The van der Waals surface area contributed by atoms with Gasteiger partial charge in [0.25, 0.3) is 0 Å². The Kier molecular flexibility index (Phi) is 6.31. The van der Waals surface area contributed by atoms with Gasteiger partial charge in [-0.15, -0.1) is 0 Å². The Labute approximate surface area is 144 Å². The van der Waals surface area contributed by atoms with E-state index in [1.54, 1.807) is 18.0 Å². The maximum Gasteiger partial charge on any atom is 0.168 e. The topological polar surface area (TPSA) is 38.0 Å². The van der Waals surface area contributed by atoms with Crippen LogP contribution >= 0.6 is 11.8 Å². The van der Waals surface area contributed by atoms with Crippen molar-refractivity contribution in [1.82, 2.24) is 9.55 Å². The second kappa shape index (κ2) is 8.02. The highest BCUT2D eigenvalue weighted by Gasteiger charge is 2.13. The van der Waals surface area contributed by atoms with Gasteiger partial charge >= 0.3 is 0 Å². The Morgan fingerprint density at radius 2 is 1.87 bits per heavy atom. The first kappa shape index (κ1) is 18.1. The molecule has 23 heavy (non-hydrogen) atoms. The molecule has 0 aliphatic carbocycles. The summed E-state index contributed by atoms with van der Waals surface area (Å²) in [6.07, 6.45) is 4.04. The van der Waals surface area contributed by atoms with Crippen LogP contribution in [-0.2, 0) is 24.3 Å². The minimum Gasteiger partial charge on any atom is -0.390 e. The summed E-state index contributed by atoms with van der Waals surface area (Å²) in [5.41, 5.74) is 3.76. The van der Waals surface area contributed by atoms with Crippen molar-refractivity contribution in [1.29, 1.82) is 0 Å². The highest BCUT2D eigenvalue weighted by atomic mass is 32.2. The van der Waals surface area contributed by atoms with Gasteiger partial charge in [-0.1, -0.05) is 70.1 Å². The van der Waals surface area contributed by atoms with Crippen molar-refractivity contribution in [2.45, 2.75) is 70.0 Å². The molecule has 0 radical (unpaired) electrons. The fourth-order valence-electron chi connectivity index (χ4n) is 2.44. The average Bonchev–Trinajstić information content (AvgIpc) is 2.92. The molecule has 0 amide bonds. The van der Waals surface area contributed by atoms with Gasteiger partial charge in [0.05, 0.1) is 18.5 Å². The van der Waals surface area contributed by atoms with Crippen LogP contribution in [0.3, 0.4) is 0 Å². The molecule has 1 heterocycles. The van der Waals surface area contributed by atoms with Gasteiger partial charge in [0, 0.05) is 12.3 Å². The predicted octanol–water partition coefficient (Wildman–Crippen LogP) is 4.77. The van der Waals surface area contributed by atoms with Crippen LogP contribution < -0.4 is 0 Å². The van der Waals surface area contributed by atoms with Gasteiger partial charge in [-0.3, -0.25) is 0 Å². The lowest BCUT2D eigenvalue weighted by Crippen LogP contribution is -2.10. The number of aliphatic hydroxyl groups excluding tert-OH is 1. The monoisotopic (exact) mass is 332 g/mol. The number of thioether (sulfide) groups is 1. The maximum absolute atomic E-state index is 9.45. The van der Waals surface area contributed by atoms with Crippen LogP contribution in [0, 0.1) is 0 Å². The zero-order valence-electron chi connectivity index (χ0n) is 14.7. The molecule has 0 aliphatic rings. The normalized spacial score (nSPS) is 11.9. The van der Waals surface area contributed by atoms with E-state index >= 15 is 0 Å². The van der Waals surface area contributed by atoms with Gasteiger partial charge in [-0.25, -0.2) is 4.98 Å². The van der Waals surface area contributed by atoms with Crippen molar-refractivity contribution in [2.24, 2.45) is 0 Å². The fourth-order valence-corrected chi connectivity index (χ4v) is 3.42. The van der Waals surface area contributed by atoms with Crippen LogP contribution in [0.25, 0.3) is 0 Å². The third-order valence-corrected chi connectivity index (χ3v) is 5.05. The molecule has 0 aliphatic heterocycles. The lowest BCUT2D eigenvalue weighted by Gasteiger charge is -2.19. The largest absolute Gasteiger partial charge is 0.390 e. The molecule has 0 unspecified atom stereocenters. The van der Waals surface area contributed by atoms with E-state index in [1.165, 1.54) is 11.1 Å². The van der Waals surface area contributed by atoms with Gasteiger partial charge < -0.3 is 9.67 Å². The number of imidazole rings is 1.